The Hall–Kier alpha value is -4.14. The van der Waals surface area contributed by atoms with Crippen molar-refractivity contribution in [3.05, 3.63) is 133 Å². The first-order valence-electron chi connectivity index (χ1n) is 16.0. The summed E-state index contributed by atoms with van der Waals surface area (Å²) in [5.41, 5.74) is 2.73. The third-order valence-corrected chi connectivity index (χ3v) is 11.7. The Labute approximate surface area is 275 Å². The first kappa shape index (κ1) is 31.8. The number of thioether (sulfide) groups is 1. The van der Waals surface area contributed by atoms with Gasteiger partial charge in [-0.15, -0.1) is 24.9 Å². The Kier molecular flexibility index (Phi) is 9.47. The summed E-state index contributed by atoms with van der Waals surface area (Å²) in [6, 6.07) is 27.4. The zero-order valence-corrected chi connectivity index (χ0v) is 26.8. The van der Waals surface area contributed by atoms with E-state index in [1.165, 1.54) is 0 Å². The average Bonchev–Trinajstić information content (AvgIpc) is 3.73. The van der Waals surface area contributed by atoms with Crippen LogP contribution in [0.2, 0.25) is 0 Å². The van der Waals surface area contributed by atoms with Crippen molar-refractivity contribution in [1.82, 2.24) is 14.7 Å². The number of aliphatic hydroxyl groups is 1. The summed E-state index contributed by atoms with van der Waals surface area (Å²) in [4.78, 5) is 49.5. The summed E-state index contributed by atoms with van der Waals surface area (Å²) in [5, 5.41) is 10.8. The molecule has 3 aromatic rings. The molecule has 3 aliphatic heterocycles. The van der Waals surface area contributed by atoms with Crippen molar-refractivity contribution < 1.29 is 19.5 Å². The quantitative estimate of drug-likeness (QED) is 0.260. The maximum Gasteiger partial charge on any atom is 0.247 e. The minimum atomic E-state index is -0.846. The van der Waals surface area contributed by atoms with Crippen molar-refractivity contribution >= 4 is 29.5 Å². The molecule has 6 atom stereocenters. The molecule has 3 saturated heterocycles. The molecule has 0 aromatic heterocycles. The number of rotatable bonds is 13. The molecule has 0 saturated carbocycles. The van der Waals surface area contributed by atoms with Gasteiger partial charge in [-0.05, 0) is 29.5 Å². The number of amides is 3. The standard InChI is InChI=1S/C38H41N3O4S/c1-3-22-39(24-27-14-8-5-9-15-27)35(43)32-31-20-21-38(46-31)33(32)36(44)41(30(26-42)29-18-12-7-13-19-29)34(38)37(45)40(23-4-2)25-28-16-10-6-11-17-28/h3-19,30-34,42H,1-2,20-26H2/t30-,31-,32+,33+,34?,38?/m1/s1. The van der Waals surface area contributed by atoms with Crippen LogP contribution in [0, 0.1) is 11.8 Å². The van der Waals surface area contributed by atoms with Crippen LogP contribution in [0.5, 0.6) is 0 Å². The Balaban J connectivity index is 1.41. The zero-order valence-electron chi connectivity index (χ0n) is 26.0. The summed E-state index contributed by atoms with van der Waals surface area (Å²) in [7, 11) is 0. The summed E-state index contributed by atoms with van der Waals surface area (Å²) in [5.74, 6) is -1.75. The summed E-state index contributed by atoms with van der Waals surface area (Å²) >= 11 is 1.65. The van der Waals surface area contributed by atoms with Crippen LogP contribution in [0.25, 0.3) is 0 Å². The fourth-order valence-corrected chi connectivity index (χ4v) is 9.98. The van der Waals surface area contributed by atoms with Gasteiger partial charge in [-0.1, -0.05) is 103 Å². The molecule has 0 radical (unpaired) electrons. The van der Waals surface area contributed by atoms with Gasteiger partial charge in [-0.25, -0.2) is 0 Å². The van der Waals surface area contributed by atoms with Gasteiger partial charge in [0, 0.05) is 31.4 Å². The summed E-state index contributed by atoms with van der Waals surface area (Å²) in [6.45, 7) is 8.92. The lowest BCUT2D eigenvalue weighted by Crippen LogP contribution is -2.55. The molecule has 3 amide bonds. The first-order valence-corrected chi connectivity index (χ1v) is 16.8. The second-order valence-electron chi connectivity index (χ2n) is 12.4. The Morgan fingerprint density at radius 2 is 1.39 bits per heavy atom. The molecule has 3 fully saturated rings. The zero-order chi connectivity index (χ0) is 32.3. The predicted molar refractivity (Wildman–Crippen MR) is 181 cm³/mol. The van der Waals surface area contributed by atoms with E-state index in [0.29, 0.717) is 32.6 Å². The SMILES string of the molecule is C=CCN(Cc1ccccc1)C(=O)C1N([C@H](CO)c2ccccc2)C(=O)[C@@H]2[C@@H](C(=O)N(CC=C)Cc3ccccc3)[C@H]3CCC12S3. The molecule has 1 spiro atoms. The predicted octanol–water partition coefficient (Wildman–Crippen LogP) is 5.24. The number of nitrogens with zero attached hydrogens (tertiary/aromatic N) is 3. The van der Waals surface area contributed by atoms with Crippen molar-refractivity contribution in [2.75, 3.05) is 19.7 Å². The van der Waals surface area contributed by atoms with Crippen LogP contribution < -0.4 is 0 Å². The number of aliphatic hydroxyl groups excluding tert-OH is 1. The molecule has 1 N–H and O–H groups in total. The molecular formula is C38H41N3O4S. The molecule has 3 aromatic carbocycles. The highest BCUT2D eigenvalue weighted by Crippen LogP contribution is 2.67. The maximum atomic E-state index is 14.9. The van der Waals surface area contributed by atoms with E-state index in [0.717, 1.165) is 23.1 Å². The number of likely N-dealkylation sites (tertiary alicyclic amines) is 1. The topological polar surface area (TPSA) is 81.2 Å². The van der Waals surface area contributed by atoms with Crippen LogP contribution in [0.4, 0.5) is 0 Å². The normalized spacial score (nSPS) is 25.2. The number of carbonyl (C=O) groups is 3. The minimum Gasteiger partial charge on any atom is -0.394 e. The van der Waals surface area contributed by atoms with Crippen LogP contribution in [-0.2, 0) is 27.5 Å². The molecule has 2 bridgehead atoms. The third kappa shape index (κ3) is 5.69. The maximum absolute atomic E-state index is 14.9. The molecule has 6 rings (SSSR count). The molecule has 3 aliphatic rings. The van der Waals surface area contributed by atoms with Crippen LogP contribution in [0.1, 0.15) is 35.6 Å². The molecule has 0 aliphatic carbocycles. The monoisotopic (exact) mass is 635 g/mol. The van der Waals surface area contributed by atoms with E-state index in [9.17, 15) is 19.5 Å². The van der Waals surface area contributed by atoms with Gasteiger partial charge in [0.05, 0.1) is 29.2 Å². The van der Waals surface area contributed by atoms with Crippen LogP contribution >= 0.6 is 11.8 Å². The lowest BCUT2D eigenvalue weighted by molar-refractivity contribution is -0.147. The fourth-order valence-electron chi connectivity index (χ4n) is 7.79. The second-order valence-corrected chi connectivity index (χ2v) is 14.0. The minimum absolute atomic E-state index is 0.0757. The number of fused-ring (bicyclic) bond motifs is 1. The van der Waals surface area contributed by atoms with Crippen molar-refractivity contribution in [2.24, 2.45) is 11.8 Å². The second kappa shape index (κ2) is 13.7. The smallest absolute Gasteiger partial charge is 0.247 e. The molecule has 8 heteroatoms. The number of benzene rings is 3. The Morgan fingerprint density at radius 1 is 0.870 bits per heavy atom. The highest BCUT2D eigenvalue weighted by Gasteiger charge is 2.74. The van der Waals surface area contributed by atoms with E-state index >= 15 is 0 Å². The van der Waals surface area contributed by atoms with Gasteiger partial charge in [0.1, 0.15) is 6.04 Å². The van der Waals surface area contributed by atoms with Gasteiger partial charge in [0.15, 0.2) is 0 Å². The van der Waals surface area contributed by atoms with Gasteiger partial charge in [0.25, 0.3) is 0 Å². The van der Waals surface area contributed by atoms with Crippen molar-refractivity contribution in [1.29, 1.82) is 0 Å². The Bertz CT molecular complexity index is 1570. The van der Waals surface area contributed by atoms with Crippen molar-refractivity contribution in [2.45, 2.75) is 48.0 Å². The van der Waals surface area contributed by atoms with Crippen molar-refractivity contribution in [3.63, 3.8) is 0 Å². The molecule has 46 heavy (non-hydrogen) atoms. The van der Waals surface area contributed by atoms with E-state index in [1.807, 2.05) is 91.0 Å². The average molecular weight is 636 g/mol. The number of carbonyl (C=O) groups excluding carboxylic acids is 3. The van der Waals surface area contributed by atoms with E-state index in [2.05, 4.69) is 13.2 Å². The fraction of sp³-hybridized carbons (Fsp3) is 0.342. The number of hydrogen-bond donors (Lipinski definition) is 1. The van der Waals surface area contributed by atoms with Gasteiger partial charge in [-0.2, -0.15) is 0 Å². The van der Waals surface area contributed by atoms with Gasteiger partial charge >= 0.3 is 0 Å². The highest BCUT2D eigenvalue weighted by molar-refractivity contribution is 8.02. The highest BCUT2D eigenvalue weighted by atomic mass is 32.2. The lowest BCUT2D eigenvalue weighted by atomic mass is 9.70. The van der Waals surface area contributed by atoms with Crippen LogP contribution in [0.3, 0.4) is 0 Å². The van der Waals surface area contributed by atoms with E-state index in [4.69, 9.17) is 0 Å². The summed E-state index contributed by atoms with van der Waals surface area (Å²) in [6.07, 6.45) is 4.82. The van der Waals surface area contributed by atoms with Crippen LogP contribution in [0.15, 0.2) is 116 Å². The van der Waals surface area contributed by atoms with Gasteiger partial charge in [0.2, 0.25) is 17.7 Å². The third-order valence-electron chi connectivity index (χ3n) is 9.71. The summed E-state index contributed by atoms with van der Waals surface area (Å²) < 4.78 is -0.788. The molecular weight excluding hydrogens is 595 g/mol. The van der Waals surface area contributed by atoms with Crippen LogP contribution in [-0.4, -0.2) is 73.3 Å². The first-order chi connectivity index (χ1) is 22.4. The molecule has 3 heterocycles. The van der Waals surface area contributed by atoms with Crippen molar-refractivity contribution in [3.8, 4) is 0 Å². The largest absolute Gasteiger partial charge is 0.394 e. The molecule has 238 valence electrons. The van der Waals surface area contributed by atoms with E-state index < -0.39 is 28.7 Å². The van der Waals surface area contributed by atoms with Gasteiger partial charge < -0.3 is 19.8 Å². The number of hydrogen-bond acceptors (Lipinski definition) is 5. The van der Waals surface area contributed by atoms with Gasteiger partial charge in [-0.3, -0.25) is 14.4 Å². The van der Waals surface area contributed by atoms with E-state index in [-0.39, 0.29) is 29.6 Å². The lowest BCUT2D eigenvalue weighted by Gasteiger charge is -2.40. The molecule has 7 nitrogen and oxygen atoms in total. The molecule has 2 unspecified atom stereocenters. The van der Waals surface area contributed by atoms with E-state index in [1.54, 1.807) is 38.6 Å². The Morgan fingerprint density at radius 3 is 1.91 bits per heavy atom.